The Bertz CT molecular complexity index is 585. The van der Waals surface area contributed by atoms with E-state index in [0.29, 0.717) is 5.56 Å². The highest BCUT2D eigenvalue weighted by Crippen LogP contribution is 2.26. The van der Waals surface area contributed by atoms with E-state index in [1.807, 2.05) is 24.3 Å². The first-order valence-corrected chi connectivity index (χ1v) is 6.92. The van der Waals surface area contributed by atoms with Crippen molar-refractivity contribution >= 4 is 0 Å². The van der Waals surface area contributed by atoms with Crippen LogP contribution < -0.4 is 4.74 Å². The van der Waals surface area contributed by atoms with Crippen LogP contribution in [0.25, 0.3) is 0 Å². The van der Waals surface area contributed by atoms with Crippen LogP contribution in [0.2, 0.25) is 0 Å². The Labute approximate surface area is 123 Å². The summed E-state index contributed by atoms with van der Waals surface area (Å²) in [6, 6.07) is 13.8. The van der Waals surface area contributed by atoms with Crippen molar-refractivity contribution in [3.8, 4) is 5.75 Å². The van der Waals surface area contributed by atoms with Crippen LogP contribution >= 0.6 is 0 Å². The average molecular weight is 292 g/mol. The Kier molecular flexibility index (Phi) is 5.28. The Morgan fingerprint density at radius 3 is 2.38 bits per heavy atom. The normalized spacial score (nSPS) is 12.4. The fourth-order valence-corrected chi connectivity index (χ4v) is 2.26. The van der Waals surface area contributed by atoms with Crippen LogP contribution in [-0.2, 0) is 6.42 Å². The number of hydrogen-bond acceptors (Lipinski definition) is 2. The molecule has 1 atom stereocenters. The third-order valence-corrected chi connectivity index (χ3v) is 3.20. The predicted molar refractivity (Wildman–Crippen MR) is 77.6 cm³/mol. The molecule has 2 rings (SSSR count). The highest BCUT2D eigenvalue weighted by molar-refractivity contribution is 5.36. The summed E-state index contributed by atoms with van der Waals surface area (Å²) in [7, 11) is 0. The predicted octanol–water partition coefficient (Wildman–Crippen LogP) is 4.32. The fraction of sp³-hybridized carbons (Fsp3) is 0.294. The van der Waals surface area contributed by atoms with Gasteiger partial charge in [0.1, 0.15) is 11.9 Å². The monoisotopic (exact) mass is 292 g/mol. The molecule has 2 aromatic carbocycles. The number of aliphatic hydroxyl groups is 1. The van der Waals surface area contributed by atoms with Gasteiger partial charge in [-0.05, 0) is 35.2 Å². The minimum absolute atomic E-state index is 0.0475. The molecular weight excluding hydrogens is 274 g/mol. The molecule has 0 fully saturated rings. The largest absolute Gasteiger partial charge is 0.435 e. The van der Waals surface area contributed by atoms with E-state index in [1.54, 1.807) is 12.1 Å². The summed E-state index contributed by atoms with van der Waals surface area (Å²) >= 11 is 0. The van der Waals surface area contributed by atoms with Gasteiger partial charge in [-0.25, -0.2) is 0 Å². The molecule has 0 heterocycles. The summed E-state index contributed by atoms with van der Waals surface area (Å²) in [5.41, 5.74) is 2.42. The molecule has 112 valence electrons. The van der Waals surface area contributed by atoms with Crippen LogP contribution in [0.1, 0.15) is 36.1 Å². The molecule has 0 bridgehead atoms. The molecule has 0 aliphatic carbocycles. The highest BCUT2D eigenvalue weighted by atomic mass is 19.3. The summed E-state index contributed by atoms with van der Waals surface area (Å²) in [6.07, 6.45) is 1.11. The van der Waals surface area contributed by atoms with Gasteiger partial charge in [-0.15, -0.1) is 0 Å². The van der Waals surface area contributed by atoms with Crippen LogP contribution in [0.4, 0.5) is 8.78 Å². The summed E-state index contributed by atoms with van der Waals surface area (Å²) in [5.74, 6) is 0.0475. The molecule has 1 N–H and O–H groups in total. The molecule has 0 aromatic heterocycles. The molecule has 2 nitrogen and oxygen atoms in total. The maximum Gasteiger partial charge on any atom is 0.387 e. The maximum atomic E-state index is 12.2. The van der Waals surface area contributed by atoms with E-state index in [4.69, 9.17) is 0 Å². The molecular formula is C17H18F2O2. The van der Waals surface area contributed by atoms with Crippen LogP contribution in [0.3, 0.4) is 0 Å². The van der Waals surface area contributed by atoms with Gasteiger partial charge in [-0.2, -0.15) is 8.78 Å². The lowest BCUT2D eigenvalue weighted by Gasteiger charge is -2.14. The lowest BCUT2D eigenvalue weighted by Crippen LogP contribution is -2.04. The molecule has 0 saturated carbocycles. The van der Waals surface area contributed by atoms with E-state index in [0.717, 1.165) is 24.0 Å². The zero-order chi connectivity index (χ0) is 15.2. The Balaban J connectivity index is 2.22. The molecule has 0 radical (unpaired) electrons. The van der Waals surface area contributed by atoms with Crippen LogP contribution in [-0.4, -0.2) is 11.7 Å². The van der Waals surface area contributed by atoms with Crippen molar-refractivity contribution < 1.29 is 18.6 Å². The minimum Gasteiger partial charge on any atom is -0.435 e. The minimum atomic E-state index is -2.87. The first-order valence-electron chi connectivity index (χ1n) is 6.92. The molecule has 0 spiro atoms. The number of hydrogen-bond donors (Lipinski definition) is 1. The van der Waals surface area contributed by atoms with E-state index in [1.165, 1.54) is 12.1 Å². The van der Waals surface area contributed by atoms with Gasteiger partial charge in [0, 0.05) is 0 Å². The lowest BCUT2D eigenvalue weighted by molar-refractivity contribution is -0.0499. The highest BCUT2D eigenvalue weighted by Gasteiger charge is 2.13. The van der Waals surface area contributed by atoms with Gasteiger partial charge in [0.25, 0.3) is 0 Å². The molecule has 2 aromatic rings. The number of aryl methyl sites for hydroxylation is 1. The number of ether oxygens (including phenoxy) is 1. The van der Waals surface area contributed by atoms with E-state index >= 15 is 0 Å². The maximum absolute atomic E-state index is 12.2. The van der Waals surface area contributed by atoms with Crippen molar-refractivity contribution in [2.24, 2.45) is 0 Å². The van der Waals surface area contributed by atoms with E-state index < -0.39 is 12.7 Å². The van der Waals surface area contributed by atoms with Gasteiger partial charge in [0.15, 0.2) is 0 Å². The Morgan fingerprint density at radius 1 is 1.05 bits per heavy atom. The first-order chi connectivity index (χ1) is 10.1. The third-order valence-electron chi connectivity index (χ3n) is 3.20. The second-order valence-electron chi connectivity index (χ2n) is 4.85. The summed E-state index contributed by atoms with van der Waals surface area (Å²) in [5, 5.41) is 10.4. The van der Waals surface area contributed by atoms with Gasteiger partial charge in [0.2, 0.25) is 0 Å². The van der Waals surface area contributed by atoms with Crippen molar-refractivity contribution in [1.82, 2.24) is 0 Å². The molecule has 1 unspecified atom stereocenters. The van der Waals surface area contributed by atoms with Crippen LogP contribution in [0.15, 0.2) is 48.5 Å². The van der Waals surface area contributed by atoms with Gasteiger partial charge >= 0.3 is 6.61 Å². The van der Waals surface area contributed by atoms with Crippen molar-refractivity contribution in [2.45, 2.75) is 32.5 Å². The van der Waals surface area contributed by atoms with Crippen molar-refractivity contribution in [3.05, 3.63) is 65.2 Å². The smallest absolute Gasteiger partial charge is 0.387 e. The topological polar surface area (TPSA) is 29.5 Å². The van der Waals surface area contributed by atoms with Crippen molar-refractivity contribution in [3.63, 3.8) is 0 Å². The van der Waals surface area contributed by atoms with Crippen LogP contribution in [0.5, 0.6) is 5.75 Å². The lowest BCUT2D eigenvalue weighted by atomic mass is 9.98. The molecule has 4 heteroatoms. The summed E-state index contributed by atoms with van der Waals surface area (Å²) < 4.78 is 28.8. The van der Waals surface area contributed by atoms with Crippen molar-refractivity contribution in [2.75, 3.05) is 0 Å². The summed E-state index contributed by atoms with van der Waals surface area (Å²) in [4.78, 5) is 0. The van der Waals surface area contributed by atoms with Gasteiger partial charge in [-0.1, -0.05) is 49.7 Å². The van der Waals surface area contributed by atoms with Crippen LogP contribution in [0, 0.1) is 0 Å². The van der Waals surface area contributed by atoms with Gasteiger partial charge < -0.3 is 9.84 Å². The average Bonchev–Trinajstić information content (AvgIpc) is 2.47. The molecule has 0 aliphatic rings. The standard InChI is InChI=1S/C17H18F2O2/c1-2-5-12-6-3-7-13(10-12)16(20)14-8-4-9-15(11-14)21-17(18)19/h3-4,6-11,16-17,20H,2,5H2,1H3. The van der Waals surface area contributed by atoms with E-state index in [9.17, 15) is 13.9 Å². The molecule has 0 saturated heterocycles. The van der Waals surface area contributed by atoms with E-state index in [-0.39, 0.29) is 5.75 Å². The van der Waals surface area contributed by atoms with Gasteiger partial charge in [0.05, 0.1) is 0 Å². The van der Waals surface area contributed by atoms with Crippen molar-refractivity contribution in [1.29, 1.82) is 0 Å². The third kappa shape index (κ3) is 4.26. The quantitative estimate of drug-likeness (QED) is 0.859. The Hall–Kier alpha value is -1.94. The van der Waals surface area contributed by atoms with Gasteiger partial charge in [-0.3, -0.25) is 0 Å². The second-order valence-corrected chi connectivity index (χ2v) is 4.85. The first kappa shape index (κ1) is 15.4. The fourth-order valence-electron chi connectivity index (χ4n) is 2.26. The number of halogens is 2. The molecule has 21 heavy (non-hydrogen) atoms. The SMILES string of the molecule is CCCc1cccc(C(O)c2cccc(OC(F)F)c2)c1. The summed E-state index contributed by atoms with van der Waals surface area (Å²) in [6.45, 7) is -0.779. The number of benzene rings is 2. The number of rotatable bonds is 6. The van der Waals surface area contributed by atoms with E-state index in [2.05, 4.69) is 11.7 Å². The molecule has 0 aliphatic heterocycles. The zero-order valence-electron chi connectivity index (χ0n) is 11.8. The number of alkyl halides is 2. The Morgan fingerprint density at radius 2 is 1.71 bits per heavy atom. The zero-order valence-corrected chi connectivity index (χ0v) is 11.8. The second kappa shape index (κ2) is 7.18. The molecule has 0 amide bonds. The number of aliphatic hydroxyl groups excluding tert-OH is 1.